The fraction of sp³-hybridized carbons (Fsp3) is 0.545. The van der Waals surface area contributed by atoms with Gasteiger partial charge in [-0.25, -0.2) is 4.98 Å². The van der Waals surface area contributed by atoms with Crippen LogP contribution in [0.2, 0.25) is 5.02 Å². The van der Waals surface area contributed by atoms with Crippen molar-refractivity contribution in [2.45, 2.75) is 52.7 Å². The van der Waals surface area contributed by atoms with E-state index in [9.17, 15) is 9.90 Å². The minimum absolute atomic E-state index is 0.0547. The predicted molar refractivity (Wildman–Crippen MR) is 119 cm³/mol. The number of thiazole rings is 1. The van der Waals surface area contributed by atoms with Gasteiger partial charge in [0.1, 0.15) is 6.04 Å². The minimum atomic E-state index is -1.01. The number of rotatable bonds is 5. The maximum atomic E-state index is 13.4. The van der Waals surface area contributed by atoms with E-state index in [0.29, 0.717) is 24.5 Å². The summed E-state index contributed by atoms with van der Waals surface area (Å²) in [5.74, 6) is 0.172. The van der Waals surface area contributed by atoms with E-state index in [0.717, 1.165) is 16.4 Å². The zero-order chi connectivity index (χ0) is 21.4. The number of anilines is 1. The second kappa shape index (κ2) is 8.25. The van der Waals surface area contributed by atoms with E-state index >= 15 is 0 Å². The average molecular weight is 436 g/mol. The van der Waals surface area contributed by atoms with Crippen molar-refractivity contribution in [3.8, 4) is 0 Å². The molecule has 0 saturated carbocycles. The van der Waals surface area contributed by atoms with Gasteiger partial charge in [0.05, 0.1) is 11.3 Å². The van der Waals surface area contributed by atoms with Crippen molar-refractivity contribution >= 4 is 34.0 Å². The maximum Gasteiger partial charge on any atom is 0.245 e. The van der Waals surface area contributed by atoms with Crippen molar-refractivity contribution in [1.29, 1.82) is 0 Å². The van der Waals surface area contributed by atoms with Crippen molar-refractivity contribution < 1.29 is 9.90 Å². The fourth-order valence-corrected chi connectivity index (χ4v) is 4.89. The highest BCUT2D eigenvalue weighted by Gasteiger charge is 2.50. The van der Waals surface area contributed by atoms with E-state index in [4.69, 9.17) is 11.6 Å². The van der Waals surface area contributed by atoms with E-state index in [1.165, 1.54) is 11.3 Å². The number of hydrogen-bond donors (Lipinski definition) is 2. The standard InChI is InChI=1S/C22H30ClN3O2S/c1-14(2)18(25-20-24-15(3)12-29-20)19(27)26-11-10-22(28,21(4,5)13-26)16-6-8-17(23)9-7-16/h6-9,12,14,18,28H,10-11,13H2,1-5H3,(H,24,25). The smallest absolute Gasteiger partial charge is 0.245 e. The first-order valence-electron chi connectivity index (χ1n) is 9.99. The summed E-state index contributed by atoms with van der Waals surface area (Å²) in [4.78, 5) is 19.7. The number of aliphatic hydroxyl groups is 1. The highest BCUT2D eigenvalue weighted by Crippen LogP contribution is 2.46. The highest BCUT2D eigenvalue weighted by atomic mass is 35.5. The molecule has 0 bridgehead atoms. The van der Waals surface area contributed by atoms with Gasteiger partial charge in [0, 0.05) is 28.9 Å². The molecule has 1 amide bonds. The van der Waals surface area contributed by atoms with Gasteiger partial charge in [-0.15, -0.1) is 11.3 Å². The van der Waals surface area contributed by atoms with Crippen molar-refractivity contribution in [3.63, 3.8) is 0 Å². The largest absolute Gasteiger partial charge is 0.384 e. The van der Waals surface area contributed by atoms with Crippen LogP contribution in [0, 0.1) is 18.3 Å². The SMILES string of the molecule is Cc1csc(NC(C(=O)N2CCC(O)(c3ccc(Cl)cc3)C(C)(C)C2)C(C)C)n1. The molecule has 2 N–H and O–H groups in total. The van der Waals surface area contributed by atoms with Crippen LogP contribution in [-0.4, -0.2) is 40.0 Å². The second-order valence-electron chi connectivity index (χ2n) is 8.92. The maximum absolute atomic E-state index is 13.4. The lowest BCUT2D eigenvalue weighted by Gasteiger charge is -2.51. The number of carbonyl (C=O) groups is 1. The fourth-order valence-electron chi connectivity index (χ4n) is 4.03. The van der Waals surface area contributed by atoms with Crippen LogP contribution in [0.4, 0.5) is 5.13 Å². The van der Waals surface area contributed by atoms with Crippen LogP contribution in [0.5, 0.6) is 0 Å². The van der Waals surface area contributed by atoms with Gasteiger partial charge in [0.15, 0.2) is 5.13 Å². The third-order valence-electron chi connectivity index (χ3n) is 5.91. The van der Waals surface area contributed by atoms with E-state index in [2.05, 4.69) is 10.3 Å². The molecule has 0 spiro atoms. The monoisotopic (exact) mass is 435 g/mol. The summed E-state index contributed by atoms with van der Waals surface area (Å²) in [5.41, 5.74) is 0.269. The number of halogens is 1. The number of amides is 1. The summed E-state index contributed by atoms with van der Waals surface area (Å²) < 4.78 is 0. The molecule has 0 aliphatic carbocycles. The molecule has 0 radical (unpaired) electrons. The molecule has 3 rings (SSSR count). The number of carbonyl (C=O) groups excluding carboxylic acids is 1. The second-order valence-corrected chi connectivity index (χ2v) is 10.2. The first-order chi connectivity index (χ1) is 13.5. The zero-order valence-electron chi connectivity index (χ0n) is 17.7. The van der Waals surface area contributed by atoms with Gasteiger partial charge < -0.3 is 15.3 Å². The highest BCUT2D eigenvalue weighted by molar-refractivity contribution is 7.13. The average Bonchev–Trinajstić information content (AvgIpc) is 3.06. The Hall–Kier alpha value is -1.63. The molecule has 2 atom stereocenters. The Labute approximate surface area is 182 Å². The van der Waals surface area contributed by atoms with Crippen LogP contribution in [0.1, 0.15) is 45.4 Å². The number of nitrogens with zero attached hydrogens (tertiary/aromatic N) is 2. The van der Waals surface area contributed by atoms with Crippen LogP contribution < -0.4 is 5.32 Å². The third-order valence-corrected chi connectivity index (χ3v) is 7.06. The van der Waals surface area contributed by atoms with E-state index in [1.807, 2.05) is 57.0 Å². The molecule has 2 unspecified atom stereocenters. The quantitative estimate of drug-likeness (QED) is 0.715. The molecule has 1 aliphatic rings. The lowest BCUT2D eigenvalue weighted by Crippen LogP contribution is -2.59. The normalized spacial score (nSPS) is 22.6. The molecule has 1 fully saturated rings. The Bertz CT molecular complexity index is 865. The molecule has 5 nitrogen and oxygen atoms in total. The van der Waals surface area contributed by atoms with E-state index in [-0.39, 0.29) is 17.9 Å². The molecule has 7 heteroatoms. The number of benzene rings is 1. The molecule has 29 heavy (non-hydrogen) atoms. The van der Waals surface area contributed by atoms with Crippen LogP contribution in [-0.2, 0) is 10.4 Å². The van der Waals surface area contributed by atoms with Crippen molar-refractivity contribution in [3.05, 3.63) is 45.9 Å². The molecule has 2 heterocycles. The summed E-state index contributed by atoms with van der Waals surface area (Å²) in [6, 6.07) is 7.02. The predicted octanol–water partition coefficient (Wildman–Crippen LogP) is 4.69. The Morgan fingerprint density at radius 2 is 1.97 bits per heavy atom. The zero-order valence-corrected chi connectivity index (χ0v) is 19.3. The number of hydrogen-bond acceptors (Lipinski definition) is 5. The summed E-state index contributed by atoms with van der Waals surface area (Å²) in [7, 11) is 0. The number of aryl methyl sites for hydroxylation is 1. The Morgan fingerprint density at radius 3 is 2.48 bits per heavy atom. The molecule has 1 saturated heterocycles. The molecular formula is C22H30ClN3O2S. The first kappa shape index (κ1) is 22.1. The number of nitrogens with one attached hydrogen (secondary N) is 1. The number of piperidine rings is 1. The first-order valence-corrected chi connectivity index (χ1v) is 11.2. The van der Waals surface area contributed by atoms with Gasteiger partial charge >= 0.3 is 0 Å². The topological polar surface area (TPSA) is 65.5 Å². The van der Waals surface area contributed by atoms with Crippen molar-refractivity contribution in [2.75, 3.05) is 18.4 Å². The lowest BCUT2D eigenvalue weighted by molar-refractivity contribution is -0.154. The minimum Gasteiger partial charge on any atom is -0.384 e. The third kappa shape index (κ3) is 4.44. The Kier molecular flexibility index (Phi) is 6.27. The van der Waals surface area contributed by atoms with Crippen LogP contribution in [0.3, 0.4) is 0 Å². The van der Waals surface area contributed by atoms with Gasteiger partial charge in [0.2, 0.25) is 5.91 Å². The number of aromatic nitrogens is 1. The van der Waals surface area contributed by atoms with Crippen LogP contribution in [0.15, 0.2) is 29.6 Å². The summed E-state index contributed by atoms with van der Waals surface area (Å²) in [6.07, 6.45) is 0.481. The molecule has 1 aromatic heterocycles. The molecule has 1 aromatic carbocycles. The summed E-state index contributed by atoms with van der Waals surface area (Å²) >= 11 is 7.53. The number of likely N-dealkylation sites (tertiary alicyclic amines) is 1. The molecule has 2 aromatic rings. The van der Waals surface area contributed by atoms with Crippen molar-refractivity contribution in [1.82, 2.24) is 9.88 Å². The molecule has 1 aliphatic heterocycles. The van der Waals surface area contributed by atoms with Gasteiger partial charge in [0.25, 0.3) is 0 Å². The van der Waals surface area contributed by atoms with Crippen molar-refractivity contribution in [2.24, 2.45) is 11.3 Å². The van der Waals surface area contributed by atoms with Gasteiger partial charge in [-0.3, -0.25) is 4.79 Å². The van der Waals surface area contributed by atoms with Gasteiger partial charge in [-0.05, 0) is 37.0 Å². The Balaban J connectivity index is 1.78. The molecular weight excluding hydrogens is 406 g/mol. The van der Waals surface area contributed by atoms with Crippen LogP contribution >= 0.6 is 22.9 Å². The molecule has 158 valence electrons. The summed E-state index contributed by atoms with van der Waals surface area (Å²) in [6.45, 7) is 11.0. The lowest BCUT2D eigenvalue weighted by atomic mass is 9.66. The van der Waals surface area contributed by atoms with Gasteiger partial charge in [-0.2, -0.15) is 0 Å². The van der Waals surface area contributed by atoms with E-state index < -0.39 is 11.0 Å². The Morgan fingerprint density at radius 1 is 1.31 bits per heavy atom. The van der Waals surface area contributed by atoms with Gasteiger partial charge in [-0.1, -0.05) is 51.4 Å². The van der Waals surface area contributed by atoms with Crippen LogP contribution in [0.25, 0.3) is 0 Å². The summed E-state index contributed by atoms with van der Waals surface area (Å²) in [5, 5.41) is 18.2. The van der Waals surface area contributed by atoms with E-state index in [1.54, 1.807) is 12.1 Å².